The molecule has 13 heavy (non-hydrogen) atoms. The standard InChI is InChI=1S/C10H17NO2/c1-4-13-10(12)9-6-5-8(2)11(3)7-9/h6,8H,4-5,7H2,1-3H3. The molecule has 0 amide bonds. The molecule has 0 aliphatic carbocycles. The van der Waals surface area contributed by atoms with E-state index in [4.69, 9.17) is 4.74 Å². The Hall–Kier alpha value is -0.830. The van der Waals surface area contributed by atoms with Gasteiger partial charge >= 0.3 is 5.97 Å². The van der Waals surface area contributed by atoms with Crippen molar-refractivity contribution in [2.75, 3.05) is 20.2 Å². The van der Waals surface area contributed by atoms with Crippen LogP contribution in [0.15, 0.2) is 11.6 Å². The average molecular weight is 183 g/mol. The Bertz CT molecular complexity index is 223. The summed E-state index contributed by atoms with van der Waals surface area (Å²) in [6.07, 6.45) is 2.92. The van der Waals surface area contributed by atoms with Gasteiger partial charge in [0.2, 0.25) is 0 Å². The molecule has 0 radical (unpaired) electrons. The molecule has 0 saturated carbocycles. The largest absolute Gasteiger partial charge is 0.463 e. The lowest BCUT2D eigenvalue weighted by molar-refractivity contribution is -0.139. The summed E-state index contributed by atoms with van der Waals surface area (Å²) < 4.78 is 4.93. The van der Waals surface area contributed by atoms with Crippen LogP contribution in [0.5, 0.6) is 0 Å². The van der Waals surface area contributed by atoms with Crippen molar-refractivity contribution in [1.29, 1.82) is 0 Å². The Labute approximate surface area is 79.4 Å². The molecule has 0 aromatic rings. The van der Waals surface area contributed by atoms with E-state index in [0.717, 1.165) is 12.0 Å². The molecule has 1 rings (SSSR count). The quantitative estimate of drug-likeness (QED) is 0.602. The molecule has 1 atom stereocenters. The Morgan fingerprint density at radius 1 is 1.77 bits per heavy atom. The summed E-state index contributed by atoms with van der Waals surface area (Å²) in [6, 6.07) is 0.526. The maximum atomic E-state index is 11.3. The minimum Gasteiger partial charge on any atom is -0.463 e. The number of ether oxygens (including phenoxy) is 1. The Kier molecular flexibility index (Phi) is 3.48. The van der Waals surface area contributed by atoms with Gasteiger partial charge in [0.05, 0.1) is 6.61 Å². The molecular weight excluding hydrogens is 166 g/mol. The van der Waals surface area contributed by atoms with Gasteiger partial charge in [0.25, 0.3) is 0 Å². The van der Waals surface area contributed by atoms with Crippen LogP contribution in [-0.2, 0) is 9.53 Å². The van der Waals surface area contributed by atoms with Gasteiger partial charge in [-0.1, -0.05) is 6.08 Å². The smallest absolute Gasteiger partial charge is 0.334 e. The molecule has 1 aliphatic rings. The first kappa shape index (κ1) is 10.3. The van der Waals surface area contributed by atoms with Crippen molar-refractivity contribution >= 4 is 5.97 Å². The van der Waals surface area contributed by atoms with Crippen LogP contribution >= 0.6 is 0 Å². The minimum atomic E-state index is -0.166. The third-order valence-electron chi connectivity index (χ3n) is 2.42. The number of rotatable bonds is 2. The van der Waals surface area contributed by atoms with Crippen molar-refractivity contribution in [2.45, 2.75) is 26.3 Å². The fraction of sp³-hybridized carbons (Fsp3) is 0.700. The van der Waals surface area contributed by atoms with Crippen molar-refractivity contribution in [2.24, 2.45) is 0 Å². The Morgan fingerprint density at radius 2 is 2.46 bits per heavy atom. The molecule has 1 heterocycles. The number of hydrogen-bond acceptors (Lipinski definition) is 3. The van der Waals surface area contributed by atoms with E-state index in [1.54, 1.807) is 0 Å². The van der Waals surface area contributed by atoms with Crippen LogP contribution in [0.3, 0.4) is 0 Å². The number of hydrogen-bond donors (Lipinski definition) is 0. The molecule has 0 spiro atoms. The molecule has 3 heteroatoms. The first-order valence-electron chi connectivity index (χ1n) is 4.71. The van der Waals surface area contributed by atoms with Gasteiger partial charge in [0.15, 0.2) is 0 Å². The predicted octanol–water partition coefficient (Wildman–Crippen LogP) is 1.20. The molecule has 3 nitrogen and oxygen atoms in total. The predicted molar refractivity (Wildman–Crippen MR) is 51.4 cm³/mol. The molecule has 0 aromatic heterocycles. The Morgan fingerprint density at radius 3 is 3.00 bits per heavy atom. The molecule has 0 N–H and O–H groups in total. The molecule has 0 saturated heterocycles. The fourth-order valence-electron chi connectivity index (χ4n) is 1.35. The molecular formula is C10H17NO2. The molecule has 0 aromatic carbocycles. The summed E-state index contributed by atoms with van der Waals surface area (Å²) in [5.74, 6) is -0.166. The number of carbonyl (C=O) groups excluding carboxylic acids is 1. The number of esters is 1. The van der Waals surface area contributed by atoms with Crippen molar-refractivity contribution in [1.82, 2.24) is 4.90 Å². The van der Waals surface area contributed by atoms with Crippen LogP contribution in [0.2, 0.25) is 0 Å². The first-order chi connectivity index (χ1) is 6.15. The van der Waals surface area contributed by atoms with Gasteiger partial charge in [-0.05, 0) is 27.3 Å². The first-order valence-corrected chi connectivity index (χ1v) is 4.71. The second kappa shape index (κ2) is 4.42. The second-order valence-electron chi connectivity index (χ2n) is 3.45. The monoisotopic (exact) mass is 183 g/mol. The zero-order valence-electron chi connectivity index (χ0n) is 8.54. The fourth-order valence-corrected chi connectivity index (χ4v) is 1.35. The van der Waals surface area contributed by atoms with Gasteiger partial charge in [-0.3, -0.25) is 4.90 Å². The molecule has 1 aliphatic heterocycles. The number of nitrogens with zero attached hydrogens (tertiary/aromatic N) is 1. The van der Waals surface area contributed by atoms with E-state index in [9.17, 15) is 4.79 Å². The van der Waals surface area contributed by atoms with Gasteiger partial charge < -0.3 is 4.74 Å². The maximum Gasteiger partial charge on any atom is 0.334 e. The molecule has 1 unspecified atom stereocenters. The summed E-state index contributed by atoms with van der Waals surface area (Å²) in [4.78, 5) is 13.5. The van der Waals surface area contributed by atoms with Crippen LogP contribution in [0.1, 0.15) is 20.3 Å². The Balaban J connectivity index is 2.57. The minimum absolute atomic E-state index is 0.166. The summed E-state index contributed by atoms with van der Waals surface area (Å²) in [6.45, 7) is 5.14. The highest BCUT2D eigenvalue weighted by Gasteiger charge is 2.20. The zero-order chi connectivity index (χ0) is 9.84. The second-order valence-corrected chi connectivity index (χ2v) is 3.45. The highest BCUT2D eigenvalue weighted by molar-refractivity contribution is 5.89. The van der Waals surface area contributed by atoms with Crippen LogP contribution in [-0.4, -0.2) is 37.1 Å². The van der Waals surface area contributed by atoms with Gasteiger partial charge in [0, 0.05) is 18.2 Å². The van der Waals surface area contributed by atoms with Gasteiger partial charge in [-0.2, -0.15) is 0 Å². The van der Waals surface area contributed by atoms with E-state index in [1.807, 2.05) is 20.0 Å². The van der Waals surface area contributed by atoms with E-state index in [-0.39, 0.29) is 5.97 Å². The van der Waals surface area contributed by atoms with Crippen LogP contribution < -0.4 is 0 Å². The van der Waals surface area contributed by atoms with E-state index in [2.05, 4.69) is 11.8 Å². The summed E-state index contributed by atoms with van der Waals surface area (Å²) >= 11 is 0. The maximum absolute atomic E-state index is 11.3. The summed E-state index contributed by atoms with van der Waals surface area (Å²) in [5, 5.41) is 0. The SMILES string of the molecule is CCOC(=O)C1=CCC(C)N(C)C1. The van der Waals surface area contributed by atoms with Gasteiger partial charge in [0.1, 0.15) is 0 Å². The van der Waals surface area contributed by atoms with Gasteiger partial charge in [-0.15, -0.1) is 0 Å². The summed E-state index contributed by atoms with van der Waals surface area (Å²) in [7, 11) is 2.02. The lowest BCUT2D eigenvalue weighted by Crippen LogP contribution is -2.35. The van der Waals surface area contributed by atoms with Crippen LogP contribution in [0.25, 0.3) is 0 Å². The van der Waals surface area contributed by atoms with Crippen molar-refractivity contribution in [3.8, 4) is 0 Å². The third-order valence-corrected chi connectivity index (χ3v) is 2.42. The van der Waals surface area contributed by atoms with E-state index in [0.29, 0.717) is 19.2 Å². The normalized spacial score (nSPS) is 23.9. The van der Waals surface area contributed by atoms with Crippen molar-refractivity contribution < 1.29 is 9.53 Å². The summed E-state index contributed by atoms with van der Waals surface area (Å²) in [5.41, 5.74) is 0.794. The lowest BCUT2D eigenvalue weighted by atomic mass is 10.1. The highest BCUT2D eigenvalue weighted by Crippen LogP contribution is 2.14. The number of carbonyl (C=O) groups is 1. The van der Waals surface area contributed by atoms with Crippen molar-refractivity contribution in [3.05, 3.63) is 11.6 Å². The molecule has 0 bridgehead atoms. The topological polar surface area (TPSA) is 29.5 Å². The lowest BCUT2D eigenvalue weighted by Gasteiger charge is -2.28. The van der Waals surface area contributed by atoms with Crippen LogP contribution in [0, 0.1) is 0 Å². The van der Waals surface area contributed by atoms with Gasteiger partial charge in [-0.25, -0.2) is 4.79 Å². The number of likely N-dealkylation sites (N-methyl/N-ethyl adjacent to an activating group) is 1. The van der Waals surface area contributed by atoms with Crippen molar-refractivity contribution in [3.63, 3.8) is 0 Å². The van der Waals surface area contributed by atoms with E-state index >= 15 is 0 Å². The third kappa shape index (κ3) is 2.56. The molecule has 0 fully saturated rings. The average Bonchev–Trinajstić information content (AvgIpc) is 2.10. The van der Waals surface area contributed by atoms with E-state index in [1.165, 1.54) is 0 Å². The molecule has 74 valence electrons. The van der Waals surface area contributed by atoms with E-state index < -0.39 is 0 Å². The highest BCUT2D eigenvalue weighted by atomic mass is 16.5. The van der Waals surface area contributed by atoms with Crippen LogP contribution in [0.4, 0.5) is 0 Å². The zero-order valence-corrected chi connectivity index (χ0v) is 8.54.